The van der Waals surface area contributed by atoms with Gasteiger partial charge >= 0.3 is 0 Å². The second-order valence-electron chi connectivity index (χ2n) is 5.60. The Bertz CT molecular complexity index is 671. The maximum atomic E-state index is 12.3. The number of carbonyl (C=O) groups is 2. The van der Waals surface area contributed by atoms with Crippen LogP contribution in [0.4, 0.5) is 0 Å². The van der Waals surface area contributed by atoms with Gasteiger partial charge in [-0.2, -0.15) is 0 Å². The van der Waals surface area contributed by atoms with Crippen LogP contribution < -0.4 is 11.1 Å². The number of H-pyrrole nitrogens is 1. The van der Waals surface area contributed by atoms with Crippen LogP contribution in [-0.4, -0.2) is 23.3 Å². The molecule has 20 heavy (non-hydrogen) atoms. The number of aromatic nitrogens is 1. The van der Waals surface area contributed by atoms with Crippen molar-refractivity contribution in [1.29, 1.82) is 0 Å². The van der Waals surface area contributed by atoms with Crippen molar-refractivity contribution in [3.63, 3.8) is 0 Å². The molecule has 1 heterocycles. The smallest absolute Gasteiger partial charge is 0.253 e. The summed E-state index contributed by atoms with van der Waals surface area (Å²) in [4.78, 5) is 26.8. The molecule has 0 spiro atoms. The van der Waals surface area contributed by atoms with E-state index in [1.807, 2.05) is 31.2 Å². The minimum Gasteiger partial charge on any atom is -0.369 e. The molecule has 2 amide bonds. The van der Waals surface area contributed by atoms with Gasteiger partial charge in [0.15, 0.2) is 0 Å². The van der Waals surface area contributed by atoms with Crippen molar-refractivity contribution >= 4 is 22.7 Å². The second-order valence-corrected chi connectivity index (χ2v) is 5.60. The Kier molecular flexibility index (Phi) is 3.53. The van der Waals surface area contributed by atoms with Gasteiger partial charge in [0, 0.05) is 23.1 Å². The molecule has 0 aliphatic heterocycles. The molecule has 0 atom stereocenters. The summed E-state index contributed by atoms with van der Waals surface area (Å²) < 4.78 is 0. The Labute approximate surface area is 117 Å². The second kappa shape index (κ2) is 5.00. The topological polar surface area (TPSA) is 88.0 Å². The van der Waals surface area contributed by atoms with Crippen LogP contribution in [0.3, 0.4) is 0 Å². The molecule has 0 unspecified atom stereocenters. The zero-order valence-electron chi connectivity index (χ0n) is 11.9. The van der Waals surface area contributed by atoms with Gasteiger partial charge in [0.05, 0.1) is 11.0 Å². The summed E-state index contributed by atoms with van der Waals surface area (Å²) in [6.07, 6.45) is 0. The number of aryl methyl sites for hydroxylation is 1. The van der Waals surface area contributed by atoms with Crippen molar-refractivity contribution < 1.29 is 9.59 Å². The normalized spacial score (nSPS) is 11.6. The van der Waals surface area contributed by atoms with E-state index in [1.165, 1.54) is 0 Å². The first-order chi connectivity index (χ1) is 9.33. The first-order valence-corrected chi connectivity index (χ1v) is 6.48. The van der Waals surface area contributed by atoms with E-state index in [2.05, 4.69) is 10.3 Å². The van der Waals surface area contributed by atoms with Gasteiger partial charge in [0.25, 0.3) is 5.91 Å². The number of hydrogen-bond acceptors (Lipinski definition) is 2. The molecular formula is C15H19N3O2. The van der Waals surface area contributed by atoms with Crippen molar-refractivity contribution in [1.82, 2.24) is 10.3 Å². The highest BCUT2D eigenvalue weighted by Gasteiger charge is 2.26. The summed E-state index contributed by atoms with van der Waals surface area (Å²) in [5.74, 6) is -0.636. The fourth-order valence-electron chi connectivity index (χ4n) is 2.05. The van der Waals surface area contributed by atoms with E-state index in [1.54, 1.807) is 13.8 Å². The molecule has 2 aromatic rings. The van der Waals surface area contributed by atoms with Gasteiger partial charge in [-0.25, -0.2) is 0 Å². The first-order valence-electron chi connectivity index (χ1n) is 6.48. The molecule has 106 valence electrons. The predicted octanol–water partition coefficient (Wildman–Crippen LogP) is 1.72. The molecule has 0 bridgehead atoms. The van der Waals surface area contributed by atoms with E-state index in [0.29, 0.717) is 5.56 Å². The maximum Gasteiger partial charge on any atom is 0.253 e. The number of amides is 2. The van der Waals surface area contributed by atoms with Crippen LogP contribution in [0.15, 0.2) is 24.3 Å². The number of primary amides is 1. The molecule has 0 radical (unpaired) electrons. The summed E-state index contributed by atoms with van der Waals surface area (Å²) in [5.41, 5.74) is 6.87. The molecule has 0 fully saturated rings. The fourth-order valence-corrected chi connectivity index (χ4v) is 2.05. The van der Waals surface area contributed by atoms with E-state index >= 15 is 0 Å². The lowest BCUT2D eigenvalue weighted by Gasteiger charge is -2.20. The van der Waals surface area contributed by atoms with E-state index in [-0.39, 0.29) is 12.5 Å². The van der Waals surface area contributed by atoms with Crippen molar-refractivity contribution in [2.24, 2.45) is 11.1 Å². The lowest BCUT2D eigenvalue weighted by atomic mass is 9.92. The number of nitrogens with two attached hydrogens (primary N) is 1. The first kappa shape index (κ1) is 14.1. The highest BCUT2D eigenvalue weighted by Crippen LogP contribution is 2.22. The fraction of sp³-hybridized carbons (Fsp3) is 0.333. The van der Waals surface area contributed by atoms with Crippen LogP contribution in [0.5, 0.6) is 0 Å². The summed E-state index contributed by atoms with van der Waals surface area (Å²) >= 11 is 0. The van der Waals surface area contributed by atoms with Crippen LogP contribution in [0.2, 0.25) is 0 Å². The third kappa shape index (κ3) is 2.52. The highest BCUT2D eigenvalue weighted by molar-refractivity contribution is 6.08. The zero-order chi connectivity index (χ0) is 14.9. The van der Waals surface area contributed by atoms with Gasteiger partial charge < -0.3 is 16.0 Å². The van der Waals surface area contributed by atoms with E-state index < -0.39 is 11.3 Å². The van der Waals surface area contributed by atoms with Crippen LogP contribution in [-0.2, 0) is 4.79 Å². The molecule has 0 aliphatic carbocycles. The molecule has 0 aliphatic rings. The molecule has 1 aromatic heterocycles. The number of benzene rings is 1. The maximum absolute atomic E-state index is 12.3. The van der Waals surface area contributed by atoms with Gasteiger partial charge in [-0.05, 0) is 26.8 Å². The minimum atomic E-state index is -0.768. The van der Waals surface area contributed by atoms with Crippen molar-refractivity contribution in [3.05, 3.63) is 35.5 Å². The number of rotatable bonds is 4. The summed E-state index contributed by atoms with van der Waals surface area (Å²) in [6.45, 7) is 5.48. The number of hydrogen-bond donors (Lipinski definition) is 3. The lowest BCUT2D eigenvalue weighted by molar-refractivity contribution is -0.125. The van der Waals surface area contributed by atoms with E-state index in [0.717, 1.165) is 16.6 Å². The Morgan fingerprint density at radius 1 is 1.30 bits per heavy atom. The SMILES string of the molecule is Cc1[nH]c2ccccc2c1C(=O)NCC(C)(C)C(N)=O. The number of nitrogens with one attached hydrogen (secondary N) is 2. The summed E-state index contributed by atoms with van der Waals surface area (Å²) in [5, 5.41) is 3.65. The quantitative estimate of drug-likeness (QED) is 0.792. The van der Waals surface area contributed by atoms with Gasteiger partial charge in [0.2, 0.25) is 5.91 Å². The molecule has 4 N–H and O–H groups in total. The van der Waals surface area contributed by atoms with Crippen molar-refractivity contribution in [2.75, 3.05) is 6.54 Å². The van der Waals surface area contributed by atoms with Gasteiger partial charge in [0.1, 0.15) is 0 Å². The molecular weight excluding hydrogens is 254 g/mol. The van der Waals surface area contributed by atoms with Gasteiger partial charge in [-0.1, -0.05) is 18.2 Å². The highest BCUT2D eigenvalue weighted by atomic mass is 16.2. The number of aromatic amines is 1. The van der Waals surface area contributed by atoms with Crippen LogP contribution >= 0.6 is 0 Å². The molecule has 5 nitrogen and oxygen atoms in total. The van der Waals surface area contributed by atoms with E-state index in [4.69, 9.17) is 5.73 Å². The molecule has 0 saturated carbocycles. The largest absolute Gasteiger partial charge is 0.369 e. The van der Waals surface area contributed by atoms with Crippen LogP contribution in [0.25, 0.3) is 10.9 Å². The summed E-state index contributed by atoms with van der Waals surface area (Å²) in [7, 11) is 0. The Morgan fingerprint density at radius 2 is 1.95 bits per heavy atom. The monoisotopic (exact) mass is 273 g/mol. The Hall–Kier alpha value is -2.30. The minimum absolute atomic E-state index is 0.200. The Balaban J connectivity index is 2.24. The van der Waals surface area contributed by atoms with Crippen molar-refractivity contribution in [2.45, 2.75) is 20.8 Å². The molecule has 5 heteroatoms. The number of para-hydroxylation sites is 1. The van der Waals surface area contributed by atoms with Gasteiger partial charge in [-0.15, -0.1) is 0 Å². The van der Waals surface area contributed by atoms with Crippen LogP contribution in [0.1, 0.15) is 29.9 Å². The average Bonchev–Trinajstić information content (AvgIpc) is 2.71. The zero-order valence-corrected chi connectivity index (χ0v) is 11.9. The standard InChI is InChI=1S/C15H19N3O2/c1-9-12(10-6-4-5-7-11(10)18-9)13(19)17-8-15(2,3)14(16)20/h4-7,18H,8H2,1-3H3,(H2,16,20)(H,17,19). The predicted molar refractivity (Wildman–Crippen MR) is 78.3 cm³/mol. The van der Waals surface area contributed by atoms with Gasteiger partial charge in [-0.3, -0.25) is 9.59 Å². The Morgan fingerprint density at radius 3 is 2.60 bits per heavy atom. The van der Waals surface area contributed by atoms with Crippen LogP contribution in [0, 0.1) is 12.3 Å². The summed E-state index contributed by atoms with van der Waals surface area (Å²) in [6, 6.07) is 7.62. The molecule has 1 aromatic carbocycles. The average molecular weight is 273 g/mol. The van der Waals surface area contributed by atoms with Crippen molar-refractivity contribution in [3.8, 4) is 0 Å². The molecule has 2 rings (SSSR count). The number of fused-ring (bicyclic) bond motifs is 1. The molecule has 0 saturated heterocycles. The third-order valence-electron chi connectivity index (χ3n) is 3.48. The third-order valence-corrected chi connectivity index (χ3v) is 3.48. The van der Waals surface area contributed by atoms with E-state index in [9.17, 15) is 9.59 Å². The number of carbonyl (C=O) groups excluding carboxylic acids is 2. The lowest BCUT2D eigenvalue weighted by Crippen LogP contribution is -2.42.